The summed E-state index contributed by atoms with van der Waals surface area (Å²) in [5.74, 6) is 1.73. The maximum atomic E-state index is 11.4. The lowest BCUT2D eigenvalue weighted by Gasteiger charge is -2.59. The highest BCUT2D eigenvalue weighted by atomic mass is 16.4. The van der Waals surface area contributed by atoms with E-state index in [-0.39, 0.29) is 10.8 Å². The number of fused-ring (bicyclic) bond motifs is 5. The Morgan fingerprint density at radius 1 is 1.04 bits per heavy atom. The molecule has 0 aromatic carbocycles. The number of allylic oxidation sites excluding steroid dienone is 2. The van der Waals surface area contributed by atoms with E-state index in [1.807, 2.05) is 0 Å². The van der Waals surface area contributed by atoms with Crippen molar-refractivity contribution in [1.29, 1.82) is 0 Å². The van der Waals surface area contributed by atoms with Gasteiger partial charge in [-0.1, -0.05) is 29.7 Å². The Morgan fingerprint density at radius 3 is 2.46 bits per heavy atom. The number of rotatable bonds is 1. The molecule has 4 aliphatic rings. The largest absolute Gasteiger partial charge is 0.411 e. The summed E-state index contributed by atoms with van der Waals surface area (Å²) in [6, 6.07) is 0. The lowest BCUT2D eigenvalue weighted by molar-refractivity contribution is -0.0952. The van der Waals surface area contributed by atoms with Gasteiger partial charge >= 0.3 is 0 Å². The molecule has 0 unspecified atom stereocenters. The first kappa shape index (κ1) is 18.0. The van der Waals surface area contributed by atoms with E-state index in [2.05, 4.69) is 30.2 Å². The van der Waals surface area contributed by atoms with Crippen molar-refractivity contribution in [3.8, 4) is 0 Å². The summed E-state index contributed by atoms with van der Waals surface area (Å²) < 4.78 is 0. The fourth-order valence-corrected chi connectivity index (χ4v) is 7.34. The molecular formula is C21H32N2O3. The molecule has 0 heterocycles. The van der Waals surface area contributed by atoms with Crippen LogP contribution in [-0.4, -0.2) is 32.5 Å². The molecule has 5 nitrogen and oxygen atoms in total. The van der Waals surface area contributed by atoms with Gasteiger partial charge in [0.1, 0.15) is 5.60 Å². The Hall–Kier alpha value is -1.36. The molecule has 3 fully saturated rings. The number of oxime groups is 2. The Balaban J connectivity index is 1.68. The Labute approximate surface area is 155 Å². The van der Waals surface area contributed by atoms with Crippen LogP contribution in [0.4, 0.5) is 0 Å². The lowest BCUT2D eigenvalue weighted by Crippen LogP contribution is -2.57. The van der Waals surface area contributed by atoms with Gasteiger partial charge in [0.05, 0.1) is 11.4 Å². The van der Waals surface area contributed by atoms with Crippen LogP contribution in [0, 0.1) is 28.6 Å². The van der Waals surface area contributed by atoms with E-state index in [0.29, 0.717) is 29.9 Å². The van der Waals surface area contributed by atoms with Gasteiger partial charge in [-0.05, 0) is 87.5 Å². The normalized spacial score (nSPS) is 50.0. The van der Waals surface area contributed by atoms with E-state index in [1.54, 1.807) is 6.92 Å². The minimum absolute atomic E-state index is 0.194. The van der Waals surface area contributed by atoms with Crippen LogP contribution in [0.2, 0.25) is 0 Å². The van der Waals surface area contributed by atoms with E-state index in [4.69, 9.17) is 0 Å². The summed E-state index contributed by atoms with van der Waals surface area (Å²) in [5.41, 5.74) is 1.78. The molecule has 0 saturated heterocycles. The van der Waals surface area contributed by atoms with Crippen LogP contribution in [0.5, 0.6) is 0 Å². The highest BCUT2D eigenvalue weighted by Gasteiger charge is 2.64. The fraction of sp³-hybridized carbons (Fsp3) is 0.810. The topological polar surface area (TPSA) is 85.4 Å². The van der Waals surface area contributed by atoms with Crippen LogP contribution in [0.1, 0.15) is 72.1 Å². The molecule has 144 valence electrons. The average molecular weight is 360 g/mol. The number of hydrogen-bond donors (Lipinski definition) is 3. The van der Waals surface area contributed by atoms with Crippen molar-refractivity contribution in [3.63, 3.8) is 0 Å². The third kappa shape index (κ3) is 2.12. The summed E-state index contributed by atoms with van der Waals surface area (Å²) in [6.07, 6.45) is 10.1. The molecule has 0 radical (unpaired) electrons. The van der Waals surface area contributed by atoms with Crippen molar-refractivity contribution < 1.29 is 15.5 Å². The number of nitrogens with zero attached hydrogens (tertiary/aromatic N) is 2. The predicted octanol–water partition coefficient (Wildman–Crippen LogP) is 4.36. The minimum atomic E-state index is -0.975. The van der Waals surface area contributed by atoms with Crippen molar-refractivity contribution in [3.05, 3.63) is 11.6 Å². The summed E-state index contributed by atoms with van der Waals surface area (Å²) in [5, 5.41) is 36.8. The van der Waals surface area contributed by atoms with Gasteiger partial charge < -0.3 is 15.5 Å². The molecule has 5 heteroatoms. The van der Waals surface area contributed by atoms with E-state index in [9.17, 15) is 15.5 Å². The van der Waals surface area contributed by atoms with Crippen LogP contribution in [-0.2, 0) is 0 Å². The number of hydrogen-bond acceptors (Lipinski definition) is 5. The summed E-state index contributed by atoms with van der Waals surface area (Å²) in [4.78, 5) is 0. The predicted molar refractivity (Wildman–Crippen MR) is 101 cm³/mol. The SMILES string of the molecule is CC(=NO)[C@]1(O)CC[C@@H]2[C@H]3CCC4=CC(=NO)CC[C@]4(C)[C@@H]3CC[C@@]21C. The second-order valence-corrected chi connectivity index (χ2v) is 9.63. The van der Waals surface area contributed by atoms with E-state index in [1.165, 1.54) is 5.57 Å². The molecule has 4 rings (SSSR count). The first-order valence-electron chi connectivity index (χ1n) is 10.1. The molecule has 0 aromatic heterocycles. The second kappa shape index (κ2) is 5.82. The third-order valence-electron chi connectivity index (χ3n) is 9.01. The van der Waals surface area contributed by atoms with Crippen LogP contribution in [0.15, 0.2) is 22.0 Å². The summed E-state index contributed by atoms with van der Waals surface area (Å²) in [7, 11) is 0. The van der Waals surface area contributed by atoms with Gasteiger partial charge in [0.15, 0.2) is 0 Å². The van der Waals surface area contributed by atoms with Crippen molar-refractivity contribution >= 4 is 11.4 Å². The zero-order chi connectivity index (χ0) is 18.7. The van der Waals surface area contributed by atoms with Crippen molar-refractivity contribution in [2.75, 3.05) is 0 Å². The maximum Gasteiger partial charge on any atom is 0.111 e. The summed E-state index contributed by atoms with van der Waals surface area (Å²) in [6.45, 7) is 6.40. The van der Waals surface area contributed by atoms with E-state index < -0.39 is 5.60 Å². The molecule has 0 spiro atoms. The summed E-state index contributed by atoms with van der Waals surface area (Å²) >= 11 is 0. The van der Waals surface area contributed by atoms with Crippen LogP contribution in [0.3, 0.4) is 0 Å². The van der Waals surface area contributed by atoms with Crippen LogP contribution >= 0.6 is 0 Å². The van der Waals surface area contributed by atoms with Crippen molar-refractivity contribution in [2.24, 2.45) is 38.9 Å². The standard InChI is InChI=1S/C21H32N2O3/c1-13(22-25)21(24)11-8-18-16-5-4-14-12-15(23-26)6-9-19(14,2)17(16)7-10-20(18,21)3/h12,16-18,24-26H,4-11H2,1-3H3/t16-,17+,18+,19-,20-,21+/m0/s1. The Kier molecular flexibility index (Phi) is 4.03. The molecule has 0 aliphatic heterocycles. The minimum Gasteiger partial charge on any atom is -0.411 e. The van der Waals surface area contributed by atoms with Gasteiger partial charge in [-0.3, -0.25) is 0 Å². The molecule has 3 N–H and O–H groups in total. The van der Waals surface area contributed by atoms with Gasteiger partial charge in [0.2, 0.25) is 0 Å². The Morgan fingerprint density at radius 2 is 1.77 bits per heavy atom. The highest BCUT2D eigenvalue weighted by Crippen LogP contribution is 2.67. The Bertz CT molecular complexity index is 699. The molecule has 0 amide bonds. The first-order chi connectivity index (χ1) is 12.3. The lowest BCUT2D eigenvalue weighted by atomic mass is 9.46. The zero-order valence-electron chi connectivity index (χ0n) is 16.2. The fourth-order valence-electron chi connectivity index (χ4n) is 7.34. The molecule has 26 heavy (non-hydrogen) atoms. The van der Waals surface area contributed by atoms with Gasteiger partial charge in [-0.15, -0.1) is 0 Å². The third-order valence-corrected chi connectivity index (χ3v) is 9.01. The van der Waals surface area contributed by atoms with Gasteiger partial charge in [-0.2, -0.15) is 0 Å². The molecule has 6 atom stereocenters. The molecule has 0 bridgehead atoms. The van der Waals surface area contributed by atoms with Gasteiger partial charge in [0.25, 0.3) is 0 Å². The second-order valence-electron chi connectivity index (χ2n) is 9.63. The van der Waals surface area contributed by atoms with Gasteiger partial charge in [-0.25, -0.2) is 0 Å². The maximum absolute atomic E-state index is 11.4. The first-order valence-corrected chi connectivity index (χ1v) is 10.1. The van der Waals surface area contributed by atoms with Crippen molar-refractivity contribution in [2.45, 2.75) is 77.7 Å². The monoisotopic (exact) mass is 360 g/mol. The van der Waals surface area contributed by atoms with Crippen LogP contribution < -0.4 is 0 Å². The smallest absolute Gasteiger partial charge is 0.111 e. The van der Waals surface area contributed by atoms with Crippen molar-refractivity contribution in [1.82, 2.24) is 0 Å². The van der Waals surface area contributed by atoms with E-state index >= 15 is 0 Å². The molecular weight excluding hydrogens is 328 g/mol. The molecule has 0 aromatic rings. The average Bonchev–Trinajstić information content (AvgIpc) is 2.92. The highest BCUT2D eigenvalue weighted by molar-refractivity contribution is 5.96. The van der Waals surface area contributed by atoms with E-state index in [0.717, 1.165) is 50.7 Å². The molecule has 4 aliphatic carbocycles. The number of aliphatic hydroxyl groups is 1. The van der Waals surface area contributed by atoms with Gasteiger partial charge in [0, 0.05) is 5.41 Å². The molecule has 3 saturated carbocycles. The zero-order valence-corrected chi connectivity index (χ0v) is 16.2. The van der Waals surface area contributed by atoms with Crippen LogP contribution in [0.25, 0.3) is 0 Å². The quantitative estimate of drug-likeness (QED) is 0.369.